The van der Waals surface area contributed by atoms with Crippen LogP contribution in [0.3, 0.4) is 0 Å². The highest BCUT2D eigenvalue weighted by Crippen LogP contribution is 2.17. The first kappa shape index (κ1) is 12.7. The molecule has 1 N–H and O–H groups in total. The molecule has 0 aliphatic heterocycles. The molecular weight excluding hydrogens is 251 g/mol. The highest BCUT2D eigenvalue weighted by atomic mass is 19.1. The van der Waals surface area contributed by atoms with Crippen LogP contribution in [0.4, 0.5) is 4.39 Å². The number of aromatic nitrogens is 3. The number of hydrogen-bond acceptors (Lipinski definition) is 4. The van der Waals surface area contributed by atoms with Crippen LogP contribution in [0.25, 0.3) is 5.69 Å². The number of carboxylic acid groups (broad SMARTS) is 1. The van der Waals surface area contributed by atoms with Gasteiger partial charge in [-0.25, -0.2) is 18.9 Å². The van der Waals surface area contributed by atoms with Crippen molar-refractivity contribution < 1.29 is 14.3 Å². The fourth-order valence-electron chi connectivity index (χ4n) is 1.64. The molecule has 1 aromatic carbocycles. The highest BCUT2D eigenvalue weighted by molar-refractivity contribution is 5.83. The topological polar surface area (TPSA) is 91.8 Å². The van der Waals surface area contributed by atoms with Crippen molar-refractivity contribution in [3.63, 3.8) is 0 Å². The summed E-state index contributed by atoms with van der Waals surface area (Å²) in [6.45, 7) is 1.78. The van der Waals surface area contributed by atoms with Crippen molar-refractivity contribution in [1.29, 1.82) is 5.26 Å². The Balaban J connectivity index is 2.65. The molecule has 0 aliphatic rings. The largest absolute Gasteiger partial charge is 0.475 e. The number of benzene rings is 1. The second-order valence-electron chi connectivity index (χ2n) is 3.70. The SMILES string of the molecule is CCc1nc(C(=O)O)nn1-c1ccc(F)cc1C#N. The van der Waals surface area contributed by atoms with E-state index < -0.39 is 11.8 Å². The Morgan fingerprint density at radius 3 is 2.89 bits per heavy atom. The standard InChI is InChI=1S/C12H9FN4O2/c1-2-10-15-11(12(18)19)16-17(10)9-4-3-8(13)5-7(9)6-14/h3-5H,2H2,1H3,(H,18,19). The molecule has 2 aromatic rings. The summed E-state index contributed by atoms with van der Waals surface area (Å²) in [6.07, 6.45) is 0.433. The zero-order valence-electron chi connectivity index (χ0n) is 9.96. The number of halogens is 1. The fourth-order valence-corrected chi connectivity index (χ4v) is 1.64. The first-order valence-electron chi connectivity index (χ1n) is 5.46. The normalized spacial score (nSPS) is 10.2. The van der Waals surface area contributed by atoms with Crippen molar-refractivity contribution in [2.75, 3.05) is 0 Å². The number of carboxylic acids is 1. The van der Waals surface area contributed by atoms with E-state index in [4.69, 9.17) is 10.4 Å². The number of nitrogens with zero attached hydrogens (tertiary/aromatic N) is 4. The smallest absolute Gasteiger partial charge is 0.375 e. The molecule has 19 heavy (non-hydrogen) atoms. The van der Waals surface area contributed by atoms with Gasteiger partial charge in [-0.05, 0) is 18.2 Å². The molecule has 1 aromatic heterocycles. The van der Waals surface area contributed by atoms with Crippen LogP contribution in [0.5, 0.6) is 0 Å². The van der Waals surface area contributed by atoms with Gasteiger partial charge in [0.15, 0.2) is 0 Å². The van der Waals surface area contributed by atoms with Gasteiger partial charge in [-0.3, -0.25) is 0 Å². The van der Waals surface area contributed by atoms with Crippen molar-refractivity contribution in [3.8, 4) is 11.8 Å². The summed E-state index contributed by atoms with van der Waals surface area (Å²) in [5.74, 6) is -1.77. The van der Waals surface area contributed by atoms with Crippen molar-refractivity contribution in [2.24, 2.45) is 0 Å². The third kappa shape index (κ3) is 2.28. The van der Waals surface area contributed by atoms with Gasteiger partial charge in [0.1, 0.15) is 17.7 Å². The van der Waals surface area contributed by atoms with Gasteiger partial charge in [-0.15, -0.1) is 5.10 Å². The van der Waals surface area contributed by atoms with Gasteiger partial charge < -0.3 is 5.11 Å². The molecule has 0 bridgehead atoms. The molecule has 0 spiro atoms. The quantitative estimate of drug-likeness (QED) is 0.903. The molecule has 6 nitrogen and oxygen atoms in total. The third-order valence-corrected chi connectivity index (χ3v) is 2.49. The minimum absolute atomic E-state index is 0.0662. The van der Waals surface area contributed by atoms with E-state index in [1.54, 1.807) is 6.92 Å². The highest BCUT2D eigenvalue weighted by Gasteiger charge is 2.17. The van der Waals surface area contributed by atoms with E-state index in [0.29, 0.717) is 17.9 Å². The summed E-state index contributed by atoms with van der Waals surface area (Å²) in [7, 11) is 0. The fraction of sp³-hybridized carbons (Fsp3) is 0.167. The molecule has 0 amide bonds. The predicted octanol–water partition coefficient (Wildman–Crippen LogP) is 1.54. The van der Waals surface area contributed by atoms with Gasteiger partial charge in [0.2, 0.25) is 0 Å². The van der Waals surface area contributed by atoms with Crippen molar-refractivity contribution in [3.05, 3.63) is 41.2 Å². The lowest BCUT2D eigenvalue weighted by Gasteiger charge is -2.06. The summed E-state index contributed by atoms with van der Waals surface area (Å²) >= 11 is 0. The lowest BCUT2D eigenvalue weighted by atomic mass is 10.2. The van der Waals surface area contributed by atoms with Crippen molar-refractivity contribution in [2.45, 2.75) is 13.3 Å². The number of aryl methyl sites for hydroxylation is 1. The molecule has 0 saturated carbocycles. The van der Waals surface area contributed by atoms with E-state index in [1.165, 1.54) is 16.8 Å². The number of nitriles is 1. The van der Waals surface area contributed by atoms with Crippen LogP contribution in [-0.4, -0.2) is 25.8 Å². The maximum Gasteiger partial charge on any atom is 0.375 e. The third-order valence-electron chi connectivity index (χ3n) is 2.49. The molecule has 7 heteroatoms. The van der Waals surface area contributed by atoms with E-state index in [9.17, 15) is 9.18 Å². The van der Waals surface area contributed by atoms with Gasteiger partial charge in [0.05, 0.1) is 11.3 Å². The number of rotatable bonds is 3. The Labute approximate surface area is 107 Å². The molecular formula is C12H9FN4O2. The zero-order valence-corrected chi connectivity index (χ0v) is 9.96. The second kappa shape index (κ2) is 4.86. The van der Waals surface area contributed by atoms with Gasteiger partial charge in [0.25, 0.3) is 5.82 Å². The Morgan fingerprint density at radius 2 is 2.32 bits per heavy atom. The molecule has 0 fully saturated rings. The lowest BCUT2D eigenvalue weighted by Crippen LogP contribution is -2.05. The minimum atomic E-state index is -1.26. The van der Waals surface area contributed by atoms with E-state index in [2.05, 4.69) is 10.1 Å². The molecule has 0 radical (unpaired) electrons. The number of carbonyl (C=O) groups is 1. The summed E-state index contributed by atoms with van der Waals surface area (Å²) < 4.78 is 14.3. The average molecular weight is 260 g/mol. The summed E-state index contributed by atoms with van der Waals surface area (Å²) in [6, 6.07) is 5.46. The van der Waals surface area contributed by atoms with Crippen LogP contribution in [0, 0.1) is 17.1 Å². The lowest BCUT2D eigenvalue weighted by molar-refractivity contribution is 0.0683. The first-order valence-corrected chi connectivity index (χ1v) is 5.46. The molecule has 0 aliphatic carbocycles. The van der Waals surface area contributed by atoms with Gasteiger partial charge >= 0.3 is 5.97 Å². The molecule has 0 unspecified atom stereocenters. The van der Waals surface area contributed by atoms with Gasteiger partial charge in [-0.1, -0.05) is 6.92 Å². The van der Waals surface area contributed by atoms with Crippen molar-refractivity contribution >= 4 is 5.97 Å². The van der Waals surface area contributed by atoms with Crippen LogP contribution in [0.2, 0.25) is 0 Å². The monoisotopic (exact) mass is 260 g/mol. The maximum absolute atomic E-state index is 13.1. The summed E-state index contributed by atoms with van der Waals surface area (Å²) in [5.41, 5.74) is 0.372. The maximum atomic E-state index is 13.1. The Hall–Kier alpha value is -2.75. The first-order chi connectivity index (χ1) is 9.06. The van der Waals surface area contributed by atoms with E-state index in [0.717, 1.165) is 6.07 Å². The summed E-state index contributed by atoms with van der Waals surface area (Å²) in [4.78, 5) is 14.7. The molecule has 2 rings (SSSR count). The molecule has 1 heterocycles. The van der Waals surface area contributed by atoms with Crippen LogP contribution in [0.15, 0.2) is 18.2 Å². The van der Waals surface area contributed by atoms with Crippen LogP contribution >= 0.6 is 0 Å². The van der Waals surface area contributed by atoms with E-state index >= 15 is 0 Å². The molecule has 0 saturated heterocycles. The minimum Gasteiger partial charge on any atom is -0.475 e. The van der Waals surface area contributed by atoms with E-state index in [-0.39, 0.29) is 11.4 Å². The number of hydrogen-bond donors (Lipinski definition) is 1. The Bertz CT molecular complexity index is 688. The summed E-state index contributed by atoms with van der Waals surface area (Å²) in [5, 5.41) is 21.7. The van der Waals surface area contributed by atoms with Crippen molar-refractivity contribution in [1.82, 2.24) is 14.8 Å². The van der Waals surface area contributed by atoms with Gasteiger partial charge in [0, 0.05) is 6.42 Å². The van der Waals surface area contributed by atoms with Gasteiger partial charge in [-0.2, -0.15) is 5.26 Å². The Kier molecular flexibility index (Phi) is 3.25. The predicted molar refractivity (Wildman–Crippen MR) is 62.4 cm³/mol. The Morgan fingerprint density at radius 1 is 1.58 bits per heavy atom. The molecule has 96 valence electrons. The zero-order chi connectivity index (χ0) is 14.0. The van der Waals surface area contributed by atoms with Crippen LogP contribution in [0.1, 0.15) is 28.9 Å². The van der Waals surface area contributed by atoms with Crippen LogP contribution < -0.4 is 0 Å². The van der Waals surface area contributed by atoms with E-state index in [1.807, 2.05) is 6.07 Å². The number of aromatic carboxylic acids is 1. The average Bonchev–Trinajstić information content (AvgIpc) is 2.82. The second-order valence-corrected chi connectivity index (χ2v) is 3.70. The molecule has 0 atom stereocenters. The van der Waals surface area contributed by atoms with Crippen LogP contribution in [-0.2, 0) is 6.42 Å².